The second-order valence-electron chi connectivity index (χ2n) is 27.2. The summed E-state index contributed by atoms with van der Waals surface area (Å²) in [5.41, 5.74) is 22.4. The highest BCUT2D eigenvalue weighted by molar-refractivity contribution is 6.00. The molecule has 0 aromatic heterocycles. The van der Waals surface area contributed by atoms with Crippen LogP contribution in [0.2, 0.25) is 0 Å². The van der Waals surface area contributed by atoms with Gasteiger partial charge in [-0.3, -0.25) is 28.8 Å². The molecule has 0 spiro atoms. The van der Waals surface area contributed by atoms with Crippen LogP contribution in [0.3, 0.4) is 0 Å². The molecule has 0 aliphatic rings. The summed E-state index contributed by atoms with van der Waals surface area (Å²) in [6.45, 7) is 14.5. The van der Waals surface area contributed by atoms with Gasteiger partial charge in [-0.15, -0.1) is 0 Å². The van der Waals surface area contributed by atoms with Gasteiger partial charge in [0.2, 0.25) is 0 Å². The van der Waals surface area contributed by atoms with Crippen molar-refractivity contribution in [3.8, 4) is 0 Å². The predicted octanol–water partition coefficient (Wildman–Crippen LogP) is 15.3. The van der Waals surface area contributed by atoms with E-state index in [1.54, 1.807) is 0 Å². The number of carbonyl (C=O) groups excluding carboxylic acids is 6. The molecule has 0 aliphatic heterocycles. The molecule has 9 rings (SSSR count). The zero-order valence-corrected chi connectivity index (χ0v) is 63.0. The fourth-order valence-corrected chi connectivity index (χ4v) is 12.9. The number of allylic oxidation sites excluding steroid dienone is 6. The van der Waals surface area contributed by atoms with Crippen molar-refractivity contribution in [2.45, 2.75) is 105 Å². The van der Waals surface area contributed by atoms with Crippen molar-refractivity contribution in [3.63, 3.8) is 0 Å². The number of hydrogen-bond donors (Lipinski definition) is 6. The van der Waals surface area contributed by atoms with E-state index in [1.807, 2.05) is 153 Å². The summed E-state index contributed by atoms with van der Waals surface area (Å²) >= 11 is 0. The topological polar surface area (TPSA) is 326 Å². The van der Waals surface area contributed by atoms with Crippen LogP contribution in [0.1, 0.15) is 140 Å². The lowest BCUT2D eigenvalue weighted by Gasteiger charge is -2.24. The molecule has 0 saturated carbocycles. The number of ketones is 6. The summed E-state index contributed by atoms with van der Waals surface area (Å²) in [6.07, 6.45) is 12.1. The van der Waals surface area contributed by atoms with Crippen LogP contribution in [-0.2, 0) is 96.1 Å². The summed E-state index contributed by atoms with van der Waals surface area (Å²) in [5.74, 6) is -8.96. The fourth-order valence-electron chi connectivity index (χ4n) is 12.9. The highest BCUT2D eigenvalue weighted by Crippen LogP contribution is 2.39. The lowest BCUT2D eigenvalue weighted by atomic mass is 9.80. The molecule has 0 saturated heterocycles. The van der Waals surface area contributed by atoms with Crippen molar-refractivity contribution in [1.82, 2.24) is 0 Å². The molecule has 0 heterocycles. The average molecular weight is 1500 g/mol. The van der Waals surface area contributed by atoms with Crippen molar-refractivity contribution < 1.29 is 88.2 Å². The zero-order valence-electron chi connectivity index (χ0n) is 63.0. The first-order chi connectivity index (χ1) is 53.3. The molecule has 112 heavy (non-hydrogen) atoms. The van der Waals surface area contributed by atoms with Crippen LogP contribution < -0.4 is 0 Å². The SMILES string of the molecule is Cc1cc(C)c(C(c2ccc(CC(=O)/C=C/C(=O)O)cc2)c2ccc(CC(=O)/C=C/C(=O)O)cc2)c(C)c1.Cc1ccc(C(c2ccc(CC(=O)/C=C/C(=O)O)cc2)c2ccc(CC(=O)/C=C/C(=O)O)cc2)c(C)c1.Cc1ccc(C(c2ccc(CC(=O)/C=C/C(=O)O)cc2)c2ccc(CC(=O)/C=C/C(=O)O)cc2)cc1C. The van der Waals surface area contributed by atoms with Gasteiger partial charge in [0, 0.05) is 92.7 Å². The van der Waals surface area contributed by atoms with E-state index in [2.05, 4.69) is 90.1 Å². The number of carbonyl (C=O) groups is 12. The summed E-state index contributed by atoms with van der Waals surface area (Å²) in [6, 6.07) is 63.2. The van der Waals surface area contributed by atoms with Crippen LogP contribution in [0.15, 0.2) is 267 Å². The molecular formula is C94H86O18. The van der Waals surface area contributed by atoms with E-state index in [0.717, 1.165) is 173 Å². The first kappa shape index (κ1) is 85.5. The quantitative estimate of drug-likeness (QED) is 0.0164. The maximum Gasteiger partial charge on any atom is 0.328 e. The molecule has 6 N–H and O–H groups in total. The molecule has 18 nitrogen and oxygen atoms in total. The first-order valence-electron chi connectivity index (χ1n) is 35.7. The van der Waals surface area contributed by atoms with E-state index in [0.29, 0.717) is 0 Å². The van der Waals surface area contributed by atoms with Crippen molar-refractivity contribution in [2.75, 3.05) is 0 Å². The van der Waals surface area contributed by atoms with Crippen molar-refractivity contribution in [3.05, 3.63) is 389 Å². The molecule has 0 bridgehead atoms. The molecular weight excluding hydrogens is 1420 g/mol. The van der Waals surface area contributed by atoms with E-state index < -0.39 is 35.8 Å². The van der Waals surface area contributed by atoms with Crippen LogP contribution in [0.25, 0.3) is 0 Å². The third kappa shape index (κ3) is 27.5. The first-order valence-corrected chi connectivity index (χ1v) is 35.7. The van der Waals surface area contributed by atoms with Gasteiger partial charge in [0.1, 0.15) is 0 Å². The summed E-state index contributed by atoms with van der Waals surface area (Å²) in [5, 5.41) is 52.3. The van der Waals surface area contributed by atoms with Crippen LogP contribution >= 0.6 is 0 Å². The van der Waals surface area contributed by atoms with Gasteiger partial charge < -0.3 is 30.6 Å². The Kier molecular flexibility index (Phi) is 31.7. The summed E-state index contributed by atoms with van der Waals surface area (Å²) in [7, 11) is 0. The second kappa shape index (κ2) is 41.6. The molecule has 0 radical (unpaired) electrons. The summed E-state index contributed by atoms with van der Waals surface area (Å²) < 4.78 is 0. The van der Waals surface area contributed by atoms with Gasteiger partial charge in [0.25, 0.3) is 0 Å². The third-order valence-electron chi connectivity index (χ3n) is 18.2. The van der Waals surface area contributed by atoms with Gasteiger partial charge in [-0.05, 0) is 196 Å². The van der Waals surface area contributed by atoms with E-state index in [9.17, 15) is 57.5 Å². The molecule has 9 aromatic carbocycles. The molecule has 0 aliphatic carbocycles. The lowest BCUT2D eigenvalue weighted by molar-refractivity contribution is -0.132. The van der Waals surface area contributed by atoms with Crippen molar-refractivity contribution >= 4 is 70.5 Å². The monoisotopic (exact) mass is 1500 g/mol. The van der Waals surface area contributed by atoms with Crippen LogP contribution in [0.4, 0.5) is 0 Å². The zero-order chi connectivity index (χ0) is 81.7. The van der Waals surface area contributed by atoms with Crippen LogP contribution in [-0.4, -0.2) is 101 Å². The second-order valence-corrected chi connectivity index (χ2v) is 27.2. The number of aliphatic carboxylic acids is 6. The Morgan fingerprint density at radius 3 is 0.696 bits per heavy atom. The molecule has 0 amide bonds. The Bertz CT molecular complexity index is 4890. The largest absolute Gasteiger partial charge is 0.478 e. The van der Waals surface area contributed by atoms with E-state index >= 15 is 0 Å². The minimum absolute atomic E-state index is 0.0890. The van der Waals surface area contributed by atoms with E-state index in [4.69, 9.17) is 30.6 Å². The third-order valence-corrected chi connectivity index (χ3v) is 18.2. The Morgan fingerprint density at radius 2 is 0.455 bits per heavy atom. The number of rotatable bonds is 33. The molecule has 9 aromatic rings. The molecule has 0 fully saturated rings. The normalized spacial score (nSPS) is 11.3. The van der Waals surface area contributed by atoms with Gasteiger partial charge in [0.05, 0.1) is 0 Å². The lowest BCUT2D eigenvalue weighted by Crippen LogP contribution is -2.09. The maximum absolute atomic E-state index is 12.1. The van der Waals surface area contributed by atoms with Crippen molar-refractivity contribution in [2.24, 2.45) is 0 Å². The molecule has 18 heteroatoms. The van der Waals surface area contributed by atoms with Gasteiger partial charge in [-0.1, -0.05) is 205 Å². The van der Waals surface area contributed by atoms with Gasteiger partial charge in [-0.2, -0.15) is 0 Å². The predicted molar refractivity (Wildman–Crippen MR) is 427 cm³/mol. The average Bonchev–Trinajstić information content (AvgIpc) is 0.794. The number of carboxylic acids is 6. The van der Waals surface area contributed by atoms with Crippen molar-refractivity contribution in [1.29, 1.82) is 0 Å². The maximum atomic E-state index is 12.1. The Balaban J connectivity index is 0.000000233. The molecule has 570 valence electrons. The fraction of sp³-hybridized carbons (Fsp3) is 0.170. The highest BCUT2D eigenvalue weighted by Gasteiger charge is 2.24. The van der Waals surface area contributed by atoms with Crippen LogP contribution in [0, 0.1) is 48.5 Å². The van der Waals surface area contributed by atoms with Gasteiger partial charge >= 0.3 is 35.8 Å². The number of aryl methyl sites for hydroxylation is 7. The highest BCUT2D eigenvalue weighted by atomic mass is 16.4. The number of hydrogen-bond acceptors (Lipinski definition) is 12. The number of benzene rings is 9. The minimum atomic E-state index is -1.16. The molecule has 0 unspecified atom stereocenters. The van der Waals surface area contributed by atoms with E-state index in [1.165, 1.54) is 22.3 Å². The van der Waals surface area contributed by atoms with Gasteiger partial charge in [-0.25, -0.2) is 28.8 Å². The minimum Gasteiger partial charge on any atom is -0.478 e. The Labute approximate surface area is 649 Å². The smallest absolute Gasteiger partial charge is 0.328 e. The Hall–Kier alpha value is -13.7. The van der Waals surface area contributed by atoms with Crippen LogP contribution in [0.5, 0.6) is 0 Å². The Morgan fingerprint density at radius 1 is 0.223 bits per heavy atom. The standard InChI is InChI=1S/C32H30O6.2C31H28O6/c1-20-16-21(2)31(22(3)17-20)32(25-8-4-23(5-9-25)18-27(33)12-14-29(35)36)26-10-6-24(7-11-26)19-28(34)13-15-30(37)38;1-20-3-14-28(21(2)17-20)31(24-8-4-22(5-9-24)18-26(32)12-15-29(34)35)25-10-6-23(7-11-25)19-27(33)13-16-30(36)37;1-20-3-8-26(17-21(20)2)31(24-9-4-22(5-10-24)18-27(32)13-15-29(34)35)25-11-6-23(7-12-25)19-28(33)14-16-30(36)37/h4-17,32H,18-19H2,1-3H3,(H,35,36)(H,37,38);2*3-17,31H,18-19H2,1-2H3,(H,34,35)(H,36,37)/b14-12+,15-13+;15-12+,16-13+;15-13+,16-14+. The van der Waals surface area contributed by atoms with E-state index in [-0.39, 0.29) is 91.0 Å². The summed E-state index contributed by atoms with van der Waals surface area (Å²) in [4.78, 5) is 136. The number of carboxylic acid groups (broad SMARTS) is 6. The van der Waals surface area contributed by atoms with Gasteiger partial charge in [0.15, 0.2) is 34.7 Å². The molecule has 0 atom stereocenters.